The molecule has 0 bridgehead atoms. The van der Waals surface area contributed by atoms with Crippen molar-refractivity contribution in [3.63, 3.8) is 0 Å². The predicted molar refractivity (Wildman–Crippen MR) is 286 cm³/mol. The molecule has 21 heteroatoms. The van der Waals surface area contributed by atoms with E-state index in [1.165, 1.54) is 27.3 Å². The molecule has 0 amide bonds. The number of carboxylic acids is 1. The highest BCUT2D eigenvalue weighted by Crippen LogP contribution is 2.42. The average molecular weight is 1090 g/mol. The van der Waals surface area contributed by atoms with Crippen LogP contribution in [-0.2, 0) is 60.6 Å². The lowest BCUT2D eigenvalue weighted by Crippen LogP contribution is -2.61. The number of carbonyl (C=O) groups excluding carboxylic acids is 2. The number of ether oxygens (including phenoxy) is 7. The second-order valence-corrected chi connectivity index (χ2v) is 22.7. The van der Waals surface area contributed by atoms with Crippen LogP contribution in [0.1, 0.15) is 131 Å². The molecule has 1 aromatic heterocycles. The zero-order valence-corrected chi connectivity index (χ0v) is 48.0. The number of aromatic nitrogens is 1. The Morgan fingerprint density at radius 2 is 1.62 bits per heavy atom. The molecule has 0 saturated carbocycles. The minimum Gasteiger partial charge on any atom is -0.477 e. The van der Waals surface area contributed by atoms with Gasteiger partial charge in [-0.25, -0.2) is 4.79 Å². The number of pyridine rings is 1. The molecule has 5 rings (SSSR count). The van der Waals surface area contributed by atoms with Crippen LogP contribution in [0.4, 0.5) is 0 Å². The Morgan fingerprint density at radius 1 is 0.935 bits per heavy atom. The largest absolute Gasteiger partial charge is 0.477 e. The molecule has 0 spiro atoms. The van der Waals surface area contributed by atoms with E-state index < -0.39 is 119 Å². The fourth-order valence-electron chi connectivity index (χ4n) is 11.9. The number of aryl methyl sites for hydroxylation is 2. The third kappa shape index (κ3) is 14.8. The van der Waals surface area contributed by atoms with Crippen molar-refractivity contribution in [3.8, 4) is 0 Å². The number of carboxylic acid groups (broad SMARTS) is 1. The van der Waals surface area contributed by atoms with Gasteiger partial charge in [0.1, 0.15) is 36.1 Å². The van der Waals surface area contributed by atoms with Crippen molar-refractivity contribution < 1.29 is 77.9 Å². The van der Waals surface area contributed by atoms with Gasteiger partial charge in [0, 0.05) is 62.0 Å². The summed E-state index contributed by atoms with van der Waals surface area (Å²) in [6, 6.07) is 5.14. The van der Waals surface area contributed by atoms with Gasteiger partial charge in [0.05, 0.1) is 59.7 Å². The molecule has 6 N–H and O–H groups in total. The molecule has 3 fully saturated rings. The van der Waals surface area contributed by atoms with Crippen LogP contribution in [0.5, 0.6) is 0 Å². The van der Waals surface area contributed by atoms with Crippen LogP contribution >= 0.6 is 0 Å². The van der Waals surface area contributed by atoms with Crippen molar-refractivity contribution in [2.45, 2.75) is 212 Å². The number of methoxy groups -OCH3 is 1. The van der Waals surface area contributed by atoms with Crippen LogP contribution in [0.2, 0.25) is 0 Å². The normalized spacial score (nSPS) is 37.3. The summed E-state index contributed by atoms with van der Waals surface area (Å²) in [4.78, 5) is 59.9. The summed E-state index contributed by atoms with van der Waals surface area (Å²) >= 11 is 0. The summed E-state index contributed by atoms with van der Waals surface area (Å²) in [7, 11) is 6.56. The van der Waals surface area contributed by atoms with Crippen molar-refractivity contribution >= 4 is 34.5 Å². The first kappa shape index (κ1) is 63.7. The molecule has 0 aliphatic carbocycles. The number of aliphatic hydroxyl groups is 4. The van der Waals surface area contributed by atoms with E-state index in [1.807, 2.05) is 51.9 Å². The first-order valence-corrected chi connectivity index (χ1v) is 27.3. The second kappa shape index (κ2) is 26.9. The lowest BCUT2D eigenvalue weighted by atomic mass is 9.73. The number of nitrogens with zero attached hydrogens (tertiary/aromatic N) is 3. The van der Waals surface area contributed by atoms with E-state index in [-0.39, 0.29) is 43.4 Å². The van der Waals surface area contributed by atoms with E-state index in [2.05, 4.69) is 10.5 Å². The van der Waals surface area contributed by atoms with E-state index in [4.69, 9.17) is 38.0 Å². The minimum absolute atomic E-state index is 0.0202. The number of cyclic esters (lactones) is 1. The van der Waals surface area contributed by atoms with Gasteiger partial charge in [-0.2, -0.15) is 0 Å². The minimum atomic E-state index is -1.98. The van der Waals surface area contributed by atoms with Crippen LogP contribution in [0.25, 0.3) is 10.9 Å². The Balaban J connectivity index is 1.36. The molecule has 21 nitrogen and oxygen atoms in total. The highest BCUT2D eigenvalue weighted by molar-refractivity contribution is 5.92. The SMILES string of the molecule is CC[C@H]1OC(=O)[C@H](C)[C@@H](O[C@H]2C[C@@](C)(OC)[C@@H](OC(=O)CCNCCCc3ccc4c(c3)c(=O)c(C(=O)O)cn4CC)[C@H](C)O2)[C@H](C)[C@@H](O[C@@H]2O[C@H](C)C[C@H](N(C)C)[C@H]2O)[C@](C)(O)C[C@@H](C)/C(=N\OC)[C@H](C)[C@@H](O)[C@]1(C)O. The highest BCUT2D eigenvalue weighted by atomic mass is 16.7. The van der Waals surface area contributed by atoms with Gasteiger partial charge < -0.3 is 78.3 Å². The third-order valence-corrected chi connectivity index (χ3v) is 16.3. The first-order valence-electron chi connectivity index (χ1n) is 27.3. The van der Waals surface area contributed by atoms with Crippen molar-refractivity contribution in [2.75, 3.05) is 41.4 Å². The van der Waals surface area contributed by atoms with Gasteiger partial charge in [-0.1, -0.05) is 38.9 Å². The van der Waals surface area contributed by atoms with Crippen molar-refractivity contribution in [1.82, 2.24) is 14.8 Å². The number of fused-ring (bicyclic) bond motifs is 1. The zero-order chi connectivity index (χ0) is 57.5. The van der Waals surface area contributed by atoms with Crippen LogP contribution in [0, 0.1) is 23.7 Å². The molecule has 1 aromatic carbocycles. The number of rotatable bonds is 18. The molecule has 0 radical (unpaired) electrons. The van der Waals surface area contributed by atoms with Gasteiger partial charge in [0.2, 0.25) is 5.43 Å². The smallest absolute Gasteiger partial charge is 0.341 e. The van der Waals surface area contributed by atoms with E-state index >= 15 is 0 Å². The van der Waals surface area contributed by atoms with E-state index in [9.17, 15) is 44.7 Å². The monoisotopic (exact) mass is 1090 g/mol. The van der Waals surface area contributed by atoms with Gasteiger partial charge in [0.25, 0.3) is 0 Å². The fraction of sp³-hybridized carbons (Fsp3) is 0.768. The summed E-state index contributed by atoms with van der Waals surface area (Å²) in [5.41, 5.74) is -3.85. The van der Waals surface area contributed by atoms with Gasteiger partial charge in [-0.05, 0) is 119 Å². The van der Waals surface area contributed by atoms with Gasteiger partial charge >= 0.3 is 17.9 Å². The molecule has 3 saturated heterocycles. The summed E-state index contributed by atoms with van der Waals surface area (Å²) in [6.07, 6.45) is -7.25. The Kier molecular flexibility index (Phi) is 22.2. The number of aromatic carboxylic acids is 1. The van der Waals surface area contributed by atoms with Gasteiger partial charge in [-0.3, -0.25) is 14.4 Å². The Bertz CT molecular complexity index is 2400. The molecule has 3 aliphatic heterocycles. The Morgan fingerprint density at radius 3 is 2.23 bits per heavy atom. The maximum absolute atomic E-state index is 14.6. The highest BCUT2D eigenvalue weighted by Gasteiger charge is 2.54. The maximum Gasteiger partial charge on any atom is 0.341 e. The molecule has 4 heterocycles. The molecule has 77 heavy (non-hydrogen) atoms. The van der Waals surface area contributed by atoms with Crippen LogP contribution in [0.15, 0.2) is 34.3 Å². The lowest BCUT2D eigenvalue weighted by Gasteiger charge is -2.49. The van der Waals surface area contributed by atoms with Crippen molar-refractivity contribution in [1.29, 1.82) is 0 Å². The third-order valence-electron chi connectivity index (χ3n) is 16.3. The number of hydrogen-bond acceptors (Lipinski definition) is 19. The van der Waals surface area contributed by atoms with Crippen molar-refractivity contribution in [3.05, 3.63) is 45.7 Å². The number of hydrogen-bond donors (Lipinski definition) is 6. The summed E-state index contributed by atoms with van der Waals surface area (Å²) in [6.45, 7) is 20.2. The number of esters is 2. The lowest BCUT2D eigenvalue weighted by molar-refractivity contribution is -0.318. The molecule has 18 atom stereocenters. The topological polar surface area (TPSA) is 276 Å². The van der Waals surface area contributed by atoms with Gasteiger partial charge in [0.15, 0.2) is 18.7 Å². The molecule has 0 unspecified atom stereocenters. The fourth-order valence-corrected chi connectivity index (χ4v) is 11.9. The number of nitrogens with one attached hydrogen (secondary N) is 1. The molecular weight excluding hydrogens is 1000 g/mol. The Hall–Kier alpha value is -4.13. The number of benzene rings is 1. The molecule has 2 aromatic rings. The van der Waals surface area contributed by atoms with Gasteiger partial charge in [-0.15, -0.1) is 0 Å². The quantitative estimate of drug-likeness (QED) is 0.0685. The van der Waals surface area contributed by atoms with E-state index in [1.54, 1.807) is 59.1 Å². The van der Waals surface area contributed by atoms with Crippen LogP contribution < -0.4 is 10.7 Å². The molecular formula is C56H90N4O17. The number of aliphatic hydroxyl groups excluding tert-OH is 2. The number of likely N-dealkylation sites (N-methyl/N-ethyl adjacent to an activating group) is 1. The standard InChI is InChI=1S/C56H90N4O17/c1-16-41-56(11,69)48(64)32(5)44(58-71-15)30(3)27-54(9,68)49(77-53-46(63)40(59(12)13)25-31(4)72-53)33(6)47(34(7)52(67)74-41)76-43-28-55(10,70-14)50(35(8)73-43)75-42(61)22-24-57-23-18-19-36-20-21-39-37(26-36)45(62)38(51(65)66)29-60(39)17-2/h20-21,26,29-35,40-41,43,46-50,53,57,63-64,68-69H,16-19,22-25,27-28H2,1-15H3,(H,65,66)/b58-44+/t30-,31-,32+,33+,34-,35+,40+,41-,43+,46-,47+,48-,49-,50+,53+,54-,55-,56-/m1/s1. The molecule has 436 valence electrons. The summed E-state index contributed by atoms with van der Waals surface area (Å²) < 4.78 is 46.5. The summed E-state index contributed by atoms with van der Waals surface area (Å²) in [5, 5.41) is 66.0. The van der Waals surface area contributed by atoms with Crippen LogP contribution in [-0.4, -0.2) is 184 Å². The van der Waals surface area contributed by atoms with E-state index in [0.29, 0.717) is 55.5 Å². The first-order chi connectivity index (χ1) is 36.1. The van der Waals surface area contributed by atoms with Crippen LogP contribution in [0.3, 0.4) is 0 Å². The predicted octanol–water partition coefficient (Wildman–Crippen LogP) is 4.42. The zero-order valence-electron chi connectivity index (χ0n) is 48.0. The summed E-state index contributed by atoms with van der Waals surface area (Å²) in [5.74, 6) is -6.00. The van der Waals surface area contributed by atoms with Crippen molar-refractivity contribution in [2.24, 2.45) is 28.8 Å². The molecule has 3 aliphatic rings. The Labute approximate surface area is 453 Å². The average Bonchev–Trinajstić information content (AvgIpc) is 3.37. The maximum atomic E-state index is 14.6. The number of oxime groups is 1. The van der Waals surface area contributed by atoms with E-state index in [0.717, 1.165) is 5.56 Å². The second-order valence-electron chi connectivity index (χ2n) is 22.7. The number of carbonyl (C=O) groups is 3.